The van der Waals surface area contributed by atoms with Crippen LogP contribution in [0.5, 0.6) is 0 Å². The normalized spacial score (nSPS) is 12.1. The molecule has 0 atom stereocenters. The van der Waals surface area contributed by atoms with E-state index in [2.05, 4.69) is 34.6 Å². The summed E-state index contributed by atoms with van der Waals surface area (Å²) in [5.74, 6) is 1.25. The third kappa shape index (κ3) is 40.3. The molecule has 0 radical (unpaired) electrons. The van der Waals surface area contributed by atoms with Gasteiger partial charge in [-0.15, -0.1) is 0 Å². The van der Waals surface area contributed by atoms with Gasteiger partial charge in [0.25, 0.3) is 0 Å². The average molecular weight is 789 g/mol. The predicted molar refractivity (Wildman–Crippen MR) is 253 cm³/mol. The molecule has 0 aromatic heterocycles. The maximum Gasteiger partial charge on any atom is 0.309 e. The number of carbonyl (C=O) groups is 1. The molecule has 0 aromatic rings. The van der Waals surface area contributed by atoms with E-state index in [9.17, 15) is 9.90 Å². The number of carboxylic acids is 1. The first kappa shape index (κ1) is 55.5. The zero-order valence-electron chi connectivity index (χ0n) is 39.8. The molecule has 0 aliphatic rings. The summed E-state index contributed by atoms with van der Waals surface area (Å²) in [4.78, 5) is 13.0. The minimum absolute atomic E-state index is 0.472. The van der Waals surface area contributed by atoms with Crippen molar-refractivity contribution in [2.75, 3.05) is 0 Å². The second kappa shape index (κ2) is 44.0. The van der Waals surface area contributed by atoms with E-state index in [1.165, 1.54) is 250 Å². The molecule has 0 saturated heterocycles. The Morgan fingerprint density at radius 1 is 0.321 bits per heavy atom. The van der Waals surface area contributed by atoms with Crippen LogP contribution in [-0.4, -0.2) is 11.1 Å². The second-order valence-corrected chi connectivity index (χ2v) is 20.0. The van der Waals surface area contributed by atoms with Crippen molar-refractivity contribution in [3.63, 3.8) is 0 Å². The molecule has 1 N–H and O–H groups in total. The largest absolute Gasteiger partial charge is 0.481 e. The van der Waals surface area contributed by atoms with Crippen LogP contribution >= 0.6 is 0 Å². The maximum atomic E-state index is 13.0. The minimum atomic E-state index is -0.480. The highest BCUT2D eigenvalue weighted by Crippen LogP contribution is 2.38. The molecule has 2 nitrogen and oxygen atoms in total. The number of hydrogen-bond donors (Lipinski definition) is 1. The van der Waals surface area contributed by atoms with E-state index in [0.717, 1.165) is 50.4 Å². The van der Waals surface area contributed by atoms with Crippen LogP contribution in [0.2, 0.25) is 0 Å². The van der Waals surface area contributed by atoms with Crippen molar-refractivity contribution in [1.82, 2.24) is 0 Å². The Morgan fingerprint density at radius 3 is 0.679 bits per heavy atom. The van der Waals surface area contributed by atoms with Crippen molar-refractivity contribution < 1.29 is 9.90 Å². The fraction of sp³-hybridized carbons (Fsp3) is 0.981. The predicted octanol–water partition coefficient (Wildman–Crippen LogP) is 19.9. The molecular weight excluding hydrogens is 681 g/mol. The minimum Gasteiger partial charge on any atom is -0.481 e. The molecule has 0 fully saturated rings. The van der Waals surface area contributed by atoms with Gasteiger partial charge < -0.3 is 5.11 Å². The molecule has 56 heavy (non-hydrogen) atoms. The van der Waals surface area contributed by atoms with Gasteiger partial charge in [-0.25, -0.2) is 0 Å². The number of aliphatic carboxylic acids is 1. The molecule has 0 unspecified atom stereocenters. The molecule has 0 spiro atoms. The first-order valence-corrected chi connectivity index (χ1v) is 26.6. The molecule has 0 bridgehead atoms. The molecule has 0 aliphatic heterocycles. The highest BCUT2D eigenvalue weighted by atomic mass is 16.4. The Balaban J connectivity index is 4.34. The summed E-state index contributed by atoms with van der Waals surface area (Å²) < 4.78 is 0. The SMILES string of the molecule is CCCCCCCCCCCCCCCCC(CCCCCCCCCCCCCCCC(C)C)(CCCCCCCCCCCCCCCC(C)C)C(=O)O. The van der Waals surface area contributed by atoms with Crippen LogP contribution in [0.15, 0.2) is 0 Å². The standard InChI is InChI=1S/C54H108O2/c1-6-7-8-9-10-11-12-13-18-23-28-33-38-43-48-54(53(55)56,49-44-39-34-29-24-19-14-16-21-26-31-36-41-46-51(2)3)50-45-40-35-30-25-20-15-17-22-27-32-37-42-47-52(4)5/h51-52H,6-50H2,1-5H3,(H,55,56). The molecule has 336 valence electrons. The lowest BCUT2D eigenvalue weighted by Gasteiger charge is -2.30. The van der Waals surface area contributed by atoms with Crippen LogP contribution in [-0.2, 0) is 4.79 Å². The van der Waals surface area contributed by atoms with Crippen LogP contribution in [0.1, 0.15) is 324 Å². The fourth-order valence-corrected chi connectivity index (χ4v) is 9.27. The van der Waals surface area contributed by atoms with Crippen molar-refractivity contribution in [2.45, 2.75) is 324 Å². The van der Waals surface area contributed by atoms with Crippen molar-refractivity contribution in [3.8, 4) is 0 Å². The zero-order valence-corrected chi connectivity index (χ0v) is 39.8. The number of rotatable bonds is 48. The molecule has 0 heterocycles. The third-order valence-electron chi connectivity index (χ3n) is 13.3. The van der Waals surface area contributed by atoms with Gasteiger partial charge in [-0.3, -0.25) is 4.79 Å². The van der Waals surface area contributed by atoms with Gasteiger partial charge in [-0.2, -0.15) is 0 Å². The van der Waals surface area contributed by atoms with Crippen LogP contribution in [0.25, 0.3) is 0 Å². The second-order valence-electron chi connectivity index (χ2n) is 20.0. The topological polar surface area (TPSA) is 37.3 Å². The lowest BCUT2D eigenvalue weighted by Crippen LogP contribution is -2.31. The van der Waals surface area contributed by atoms with E-state index < -0.39 is 11.4 Å². The Kier molecular flexibility index (Phi) is 43.6. The van der Waals surface area contributed by atoms with Gasteiger partial charge in [-0.05, 0) is 31.1 Å². The molecule has 0 saturated carbocycles. The molecule has 2 heteroatoms. The first-order valence-electron chi connectivity index (χ1n) is 26.6. The van der Waals surface area contributed by atoms with E-state index in [1.807, 2.05) is 0 Å². The maximum absolute atomic E-state index is 13.0. The Labute approximate surface area is 355 Å². The summed E-state index contributed by atoms with van der Waals surface area (Å²) in [6, 6.07) is 0. The van der Waals surface area contributed by atoms with Gasteiger partial charge in [-0.1, -0.05) is 304 Å². The smallest absolute Gasteiger partial charge is 0.309 e. The van der Waals surface area contributed by atoms with Gasteiger partial charge in [0.2, 0.25) is 0 Å². The summed E-state index contributed by atoms with van der Waals surface area (Å²) in [6.45, 7) is 11.7. The number of hydrogen-bond acceptors (Lipinski definition) is 1. The van der Waals surface area contributed by atoms with Crippen LogP contribution in [0, 0.1) is 17.3 Å². The van der Waals surface area contributed by atoms with Crippen molar-refractivity contribution in [1.29, 1.82) is 0 Å². The summed E-state index contributed by atoms with van der Waals surface area (Å²) in [5, 5.41) is 10.7. The van der Waals surface area contributed by atoms with E-state index in [4.69, 9.17) is 0 Å². The molecular formula is C54H108O2. The van der Waals surface area contributed by atoms with Crippen molar-refractivity contribution in [2.24, 2.45) is 17.3 Å². The van der Waals surface area contributed by atoms with E-state index in [1.54, 1.807) is 0 Å². The lowest BCUT2D eigenvalue weighted by atomic mass is 9.74. The number of carboxylic acid groups (broad SMARTS) is 1. The van der Waals surface area contributed by atoms with Gasteiger partial charge in [0.05, 0.1) is 5.41 Å². The summed E-state index contributed by atoms with van der Waals surface area (Å²) >= 11 is 0. The highest BCUT2D eigenvalue weighted by Gasteiger charge is 2.36. The van der Waals surface area contributed by atoms with Crippen LogP contribution in [0.4, 0.5) is 0 Å². The molecule has 0 rings (SSSR count). The van der Waals surface area contributed by atoms with E-state index in [-0.39, 0.29) is 0 Å². The van der Waals surface area contributed by atoms with Crippen molar-refractivity contribution in [3.05, 3.63) is 0 Å². The fourth-order valence-electron chi connectivity index (χ4n) is 9.27. The molecule has 0 aromatic carbocycles. The zero-order chi connectivity index (χ0) is 41.1. The monoisotopic (exact) mass is 789 g/mol. The average Bonchev–Trinajstić information content (AvgIpc) is 3.17. The Hall–Kier alpha value is -0.530. The van der Waals surface area contributed by atoms with Crippen LogP contribution < -0.4 is 0 Å². The van der Waals surface area contributed by atoms with Gasteiger partial charge >= 0.3 is 5.97 Å². The molecule has 0 aliphatic carbocycles. The Bertz CT molecular complexity index is 718. The lowest BCUT2D eigenvalue weighted by molar-refractivity contribution is -0.150. The Morgan fingerprint density at radius 2 is 0.500 bits per heavy atom. The van der Waals surface area contributed by atoms with Crippen molar-refractivity contribution >= 4 is 5.97 Å². The van der Waals surface area contributed by atoms with Gasteiger partial charge in [0.15, 0.2) is 0 Å². The number of unbranched alkanes of at least 4 members (excludes halogenated alkanes) is 37. The van der Waals surface area contributed by atoms with Gasteiger partial charge in [0, 0.05) is 0 Å². The first-order chi connectivity index (χ1) is 27.3. The van der Waals surface area contributed by atoms with Gasteiger partial charge in [0.1, 0.15) is 0 Å². The van der Waals surface area contributed by atoms with E-state index in [0.29, 0.717) is 0 Å². The van der Waals surface area contributed by atoms with Crippen LogP contribution in [0.3, 0.4) is 0 Å². The molecule has 0 amide bonds. The highest BCUT2D eigenvalue weighted by molar-refractivity contribution is 5.74. The summed E-state index contributed by atoms with van der Waals surface area (Å²) in [5.41, 5.74) is -0.472. The van der Waals surface area contributed by atoms with E-state index >= 15 is 0 Å². The quantitative estimate of drug-likeness (QED) is 0.0624. The third-order valence-corrected chi connectivity index (χ3v) is 13.3. The summed E-state index contributed by atoms with van der Waals surface area (Å²) in [7, 11) is 0. The summed E-state index contributed by atoms with van der Waals surface area (Å²) in [6.07, 6.45) is 60.0.